The molecule has 0 radical (unpaired) electrons. The molecular weight excluding hydrogens is 376 g/mol. The van der Waals surface area contributed by atoms with Crippen LogP contribution >= 0.6 is 0 Å². The van der Waals surface area contributed by atoms with E-state index in [4.69, 9.17) is 4.74 Å². The number of hydrogen-bond donors (Lipinski definition) is 2. The first-order chi connectivity index (χ1) is 14.1. The van der Waals surface area contributed by atoms with Crippen molar-refractivity contribution in [1.82, 2.24) is 15.5 Å². The second-order valence-electron chi connectivity index (χ2n) is 7.23. The Bertz CT molecular complexity index is 784. The normalized spacial score (nSPS) is 19.4. The molecule has 0 spiro atoms. The minimum absolute atomic E-state index is 0.0232. The van der Waals surface area contributed by atoms with Gasteiger partial charge in [0.15, 0.2) is 0 Å². The zero-order valence-electron chi connectivity index (χ0n) is 16.5. The maximum absolute atomic E-state index is 13.9. The van der Waals surface area contributed by atoms with Crippen LogP contribution in [0.3, 0.4) is 0 Å². The van der Waals surface area contributed by atoms with Gasteiger partial charge in [0.25, 0.3) is 0 Å². The maximum Gasteiger partial charge on any atom is 0.237 e. The van der Waals surface area contributed by atoms with Gasteiger partial charge in [-0.3, -0.25) is 9.69 Å². The van der Waals surface area contributed by atoms with Gasteiger partial charge in [-0.2, -0.15) is 0 Å². The molecule has 156 valence electrons. The van der Waals surface area contributed by atoms with Gasteiger partial charge in [-0.05, 0) is 24.1 Å². The predicted molar refractivity (Wildman–Crippen MR) is 107 cm³/mol. The Morgan fingerprint density at radius 3 is 2.55 bits per heavy atom. The number of carbonyl (C=O) groups excluding carboxylic acids is 1. The number of amides is 1. The number of ether oxygens (including phenoxy) is 1. The summed E-state index contributed by atoms with van der Waals surface area (Å²) in [5.74, 6) is -1.18. The maximum atomic E-state index is 13.9. The van der Waals surface area contributed by atoms with E-state index in [1.807, 2.05) is 30.3 Å². The van der Waals surface area contributed by atoms with Gasteiger partial charge in [-0.1, -0.05) is 36.4 Å². The van der Waals surface area contributed by atoms with Gasteiger partial charge in [-0.25, -0.2) is 8.78 Å². The lowest BCUT2D eigenvalue weighted by Gasteiger charge is -2.23. The lowest BCUT2D eigenvalue weighted by atomic mass is 10.1. The molecule has 0 unspecified atom stereocenters. The number of nitrogens with one attached hydrogen (secondary N) is 2. The lowest BCUT2D eigenvalue weighted by molar-refractivity contribution is -0.125. The molecule has 1 fully saturated rings. The van der Waals surface area contributed by atoms with E-state index < -0.39 is 11.6 Å². The molecule has 0 saturated carbocycles. The molecular formula is C22H27F2N3O2. The van der Waals surface area contributed by atoms with Crippen molar-refractivity contribution in [2.75, 3.05) is 26.8 Å². The van der Waals surface area contributed by atoms with E-state index in [1.165, 1.54) is 18.2 Å². The number of nitrogens with zero attached hydrogens (tertiary/aromatic N) is 1. The summed E-state index contributed by atoms with van der Waals surface area (Å²) in [6, 6.07) is 13.4. The lowest BCUT2D eigenvalue weighted by Crippen LogP contribution is -2.43. The molecule has 2 aromatic rings. The molecule has 3 rings (SSSR count). The molecule has 2 atom stereocenters. The van der Waals surface area contributed by atoms with Crippen LogP contribution in [0, 0.1) is 11.6 Å². The van der Waals surface area contributed by atoms with Crippen molar-refractivity contribution in [3.05, 3.63) is 71.3 Å². The quantitative estimate of drug-likeness (QED) is 0.632. The van der Waals surface area contributed by atoms with Crippen LogP contribution in [0.25, 0.3) is 0 Å². The van der Waals surface area contributed by atoms with Gasteiger partial charge in [0.1, 0.15) is 11.6 Å². The van der Waals surface area contributed by atoms with Gasteiger partial charge >= 0.3 is 0 Å². The first-order valence-corrected chi connectivity index (χ1v) is 9.79. The third kappa shape index (κ3) is 5.82. The minimum atomic E-state index is -0.564. The second-order valence-corrected chi connectivity index (χ2v) is 7.23. The van der Waals surface area contributed by atoms with Gasteiger partial charge in [-0.15, -0.1) is 0 Å². The summed E-state index contributed by atoms with van der Waals surface area (Å²) in [7, 11) is 1.59. The SMILES string of the molecule is COCCNC(=O)[C@@H]1C[C@H](NCc2c(F)cccc2F)CN1Cc1ccccc1. The summed E-state index contributed by atoms with van der Waals surface area (Å²) in [5.41, 5.74) is 1.14. The van der Waals surface area contributed by atoms with Crippen molar-refractivity contribution >= 4 is 5.91 Å². The highest BCUT2D eigenvalue weighted by Gasteiger charge is 2.36. The molecule has 2 N–H and O–H groups in total. The van der Waals surface area contributed by atoms with Crippen molar-refractivity contribution in [2.24, 2.45) is 0 Å². The van der Waals surface area contributed by atoms with Crippen LogP contribution in [0.5, 0.6) is 0 Å². The predicted octanol–water partition coefficient (Wildman–Crippen LogP) is 2.46. The molecule has 1 heterocycles. The molecule has 0 aromatic heterocycles. The fourth-order valence-electron chi connectivity index (χ4n) is 3.66. The number of methoxy groups -OCH3 is 1. The van der Waals surface area contributed by atoms with Crippen molar-refractivity contribution in [3.8, 4) is 0 Å². The van der Waals surface area contributed by atoms with E-state index in [9.17, 15) is 13.6 Å². The van der Waals surface area contributed by atoms with Crippen molar-refractivity contribution in [1.29, 1.82) is 0 Å². The van der Waals surface area contributed by atoms with E-state index in [2.05, 4.69) is 15.5 Å². The van der Waals surface area contributed by atoms with Crippen molar-refractivity contribution in [3.63, 3.8) is 0 Å². The molecule has 7 heteroatoms. The number of rotatable bonds is 9. The van der Waals surface area contributed by atoms with Crippen LogP contribution in [0.15, 0.2) is 48.5 Å². The van der Waals surface area contributed by atoms with Crippen LogP contribution < -0.4 is 10.6 Å². The average Bonchev–Trinajstić information content (AvgIpc) is 3.11. The average molecular weight is 403 g/mol. The van der Waals surface area contributed by atoms with Crippen LogP contribution in [-0.4, -0.2) is 49.7 Å². The van der Waals surface area contributed by atoms with E-state index in [0.29, 0.717) is 32.7 Å². The number of halogens is 2. The fourth-order valence-corrected chi connectivity index (χ4v) is 3.66. The highest BCUT2D eigenvalue weighted by atomic mass is 19.1. The molecule has 1 aliphatic rings. The van der Waals surface area contributed by atoms with E-state index in [-0.39, 0.29) is 30.1 Å². The van der Waals surface area contributed by atoms with E-state index in [0.717, 1.165) is 5.56 Å². The third-order valence-electron chi connectivity index (χ3n) is 5.17. The monoisotopic (exact) mass is 403 g/mol. The molecule has 1 aliphatic heterocycles. The van der Waals surface area contributed by atoms with Gasteiger partial charge in [0, 0.05) is 44.9 Å². The Hall–Kier alpha value is -2.35. The largest absolute Gasteiger partial charge is 0.383 e. The summed E-state index contributed by atoms with van der Waals surface area (Å²) in [6.07, 6.45) is 0.571. The smallest absolute Gasteiger partial charge is 0.237 e. The number of benzene rings is 2. The van der Waals surface area contributed by atoms with Gasteiger partial charge in [0.05, 0.1) is 12.6 Å². The van der Waals surface area contributed by atoms with Crippen LogP contribution in [0.4, 0.5) is 8.78 Å². The summed E-state index contributed by atoms with van der Waals surface area (Å²) >= 11 is 0. The second kappa shape index (κ2) is 10.4. The van der Waals surface area contributed by atoms with Crippen LogP contribution in [-0.2, 0) is 22.6 Å². The zero-order valence-corrected chi connectivity index (χ0v) is 16.5. The van der Waals surface area contributed by atoms with E-state index in [1.54, 1.807) is 7.11 Å². The highest BCUT2D eigenvalue weighted by Crippen LogP contribution is 2.22. The topological polar surface area (TPSA) is 53.6 Å². The van der Waals surface area contributed by atoms with Crippen molar-refractivity contribution in [2.45, 2.75) is 31.6 Å². The highest BCUT2D eigenvalue weighted by molar-refractivity contribution is 5.82. The molecule has 2 aromatic carbocycles. The number of hydrogen-bond acceptors (Lipinski definition) is 4. The Morgan fingerprint density at radius 2 is 1.86 bits per heavy atom. The molecule has 5 nitrogen and oxygen atoms in total. The van der Waals surface area contributed by atoms with Crippen molar-refractivity contribution < 1.29 is 18.3 Å². The molecule has 0 aliphatic carbocycles. The summed E-state index contributed by atoms with van der Waals surface area (Å²) in [5, 5.41) is 6.12. The Morgan fingerprint density at radius 1 is 1.14 bits per heavy atom. The zero-order chi connectivity index (χ0) is 20.6. The third-order valence-corrected chi connectivity index (χ3v) is 5.17. The molecule has 0 bridgehead atoms. The minimum Gasteiger partial charge on any atom is -0.383 e. The summed E-state index contributed by atoms with van der Waals surface area (Å²) < 4.78 is 32.8. The first-order valence-electron chi connectivity index (χ1n) is 9.79. The first kappa shape index (κ1) is 21.4. The Kier molecular flexibility index (Phi) is 7.69. The Labute approximate surface area is 170 Å². The molecule has 29 heavy (non-hydrogen) atoms. The fraction of sp³-hybridized carbons (Fsp3) is 0.409. The van der Waals surface area contributed by atoms with Gasteiger partial charge < -0.3 is 15.4 Å². The van der Waals surface area contributed by atoms with E-state index >= 15 is 0 Å². The number of carbonyl (C=O) groups is 1. The number of likely N-dealkylation sites (tertiary alicyclic amines) is 1. The van der Waals surface area contributed by atoms with Gasteiger partial charge in [0.2, 0.25) is 5.91 Å². The summed E-state index contributed by atoms with van der Waals surface area (Å²) in [4.78, 5) is 14.8. The van der Waals surface area contributed by atoms with Crippen LogP contribution in [0.2, 0.25) is 0 Å². The standard InChI is InChI=1S/C22H27F2N3O2/c1-29-11-10-25-22(28)21-12-17(15-27(21)14-16-6-3-2-4-7-16)26-13-18-19(23)8-5-9-20(18)24/h2-9,17,21,26H,10-15H2,1H3,(H,25,28)/t17-,21-/m0/s1. The molecule has 1 amide bonds. The molecule has 1 saturated heterocycles. The summed E-state index contributed by atoms with van der Waals surface area (Å²) in [6.45, 7) is 2.23. The Balaban J connectivity index is 1.65. The van der Waals surface area contributed by atoms with Crippen LogP contribution in [0.1, 0.15) is 17.5 Å².